The quantitative estimate of drug-likeness (QED) is 0.566. The Morgan fingerprint density at radius 2 is 2.08 bits per heavy atom. The van der Waals surface area contributed by atoms with Crippen molar-refractivity contribution in [2.24, 2.45) is 0 Å². The molecule has 0 aromatic carbocycles. The molecule has 4 heteroatoms. The smallest absolute Gasteiger partial charge is 0.0913 e. The molecule has 0 aromatic heterocycles. The van der Waals surface area contributed by atoms with Gasteiger partial charge in [0.25, 0.3) is 0 Å². The summed E-state index contributed by atoms with van der Waals surface area (Å²) >= 11 is 2.15. The summed E-state index contributed by atoms with van der Waals surface area (Å²) in [7, 11) is -0.749. The normalized spacial score (nSPS) is 26.0. The Morgan fingerprint density at radius 3 is 2.46 bits per heavy atom. The number of hydrogen-bond donors (Lipinski definition) is 0. The maximum atomic E-state index is 11.2. The molecule has 1 heterocycles. The van der Waals surface area contributed by atoms with E-state index in [2.05, 4.69) is 33.8 Å². The summed E-state index contributed by atoms with van der Waals surface area (Å²) in [4.78, 5) is 1.97. The van der Waals surface area contributed by atoms with Gasteiger partial charge in [0, 0.05) is 18.8 Å². The molecular weight excluding hydrogens is 297 g/mol. The standard InChI is InChI=1S/C8H17NOS.CH3I/c1-3-8-6-4-5-7-9(8)11(2)10;1-2/h8H,3-7H2,1-2H3;1H3. The summed E-state index contributed by atoms with van der Waals surface area (Å²) in [6.07, 6.45) is 6.69. The predicted octanol–water partition coefficient (Wildman–Crippen LogP) is 2.60. The fourth-order valence-electron chi connectivity index (χ4n) is 1.72. The summed E-state index contributed by atoms with van der Waals surface area (Å²) < 4.78 is 13.3. The summed E-state index contributed by atoms with van der Waals surface area (Å²) in [5, 5.41) is 0. The lowest BCUT2D eigenvalue weighted by atomic mass is 10.0. The van der Waals surface area contributed by atoms with E-state index < -0.39 is 11.0 Å². The molecule has 0 N–H and O–H groups in total. The Bertz CT molecular complexity index is 155. The van der Waals surface area contributed by atoms with E-state index in [9.17, 15) is 4.21 Å². The van der Waals surface area contributed by atoms with Crippen molar-refractivity contribution in [3.05, 3.63) is 0 Å². The topological polar surface area (TPSA) is 20.3 Å². The first-order valence-electron chi connectivity index (χ1n) is 4.73. The van der Waals surface area contributed by atoms with Crippen LogP contribution in [0.15, 0.2) is 0 Å². The number of piperidine rings is 1. The molecule has 0 aliphatic carbocycles. The third-order valence-electron chi connectivity index (χ3n) is 2.37. The van der Waals surface area contributed by atoms with Crippen molar-refractivity contribution in [2.75, 3.05) is 17.7 Å². The van der Waals surface area contributed by atoms with Gasteiger partial charge in [-0.25, -0.2) is 8.51 Å². The predicted molar refractivity (Wildman–Crippen MR) is 68.6 cm³/mol. The number of rotatable bonds is 2. The van der Waals surface area contributed by atoms with Crippen molar-refractivity contribution in [2.45, 2.75) is 38.6 Å². The first kappa shape index (κ1) is 13.8. The average molecular weight is 317 g/mol. The minimum absolute atomic E-state index is 0.578. The molecule has 0 radical (unpaired) electrons. The van der Waals surface area contributed by atoms with Crippen LogP contribution in [0.4, 0.5) is 0 Å². The highest BCUT2D eigenvalue weighted by Gasteiger charge is 2.22. The molecule has 2 nitrogen and oxygen atoms in total. The molecule has 0 bridgehead atoms. The van der Waals surface area contributed by atoms with E-state index in [0.29, 0.717) is 6.04 Å². The molecule has 1 fully saturated rings. The molecule has 13 heavy (non-hydrogen) atoms. The molecule has 0 amide bonds. The number of nitrogens with zero attached hydrogens (tertiary/aromatic N) is 1. The van der Waals surface area contributed by atoms with Gasteiger partial charge in [-0.2, -0.15) is 0 Å². The van der Waals surface area contributed by atoms with Gasteiger partial charge in [-0.3, -0.25) is 0 Å². The van der Waals surface area contributed by atoms with Crippen LogP contribution in [0.3, 0.4) is 0 Å². The number of alkyl halides is 1. The summed E-state index contributed by atoms with van der Waals surface area (Å²) in [6.45, 7) is 3.21. The van der Waals surface area contributed by atoms with E-state index in [1.165, 1.54) is 19.3 Å². The Morgan fingerprint density at radius 1 is 1.46 bits per heavy atom. The highest BCUT2D eigenvalue weighted by atomic mass is 127. The third kappa shape index (κ3) is 4.74. The van der Waals surface area contributed by atoms with Crippen molar-refractivity contribution in [3.8, 4) is 0 Å². The van der Waals surface area contributed by atoms with Crippen LogP contribution in [0.25, 0.3) is 0 Å². The zero-order valence-corrected chi connectivity index (χ0v) is 11.7. The molecule has 0 spiro atoms. The molecule has 1 saturated heterocycles. The molecule has 0 saturated carbocycles. The Kier molecular flexibility index (Phi) is 8.70. The number of hydrogen-bond acceptors (Lipinski definition) is 1. The van der Waals surface area contributed by atoms with Gasteiger partial charge in [0.2, 0.25) is 0 Å². The summed E-state index contributed by atoms with van der Waals surface area (Å²) in [5.74, 6) is 0. The maximum Gasteiger partial charge on any atom is 0.0913 e. The lowest BCUT2D eigenvalue weighted by Crippen LogP contribution is -2.39. The van der Waals surface area contributed by atoms with E-state index in [-0.39, 0.29) is 0 Å². The van der Waals surface area contributed by atoms with Crippen LogP contribution < -0.4 is 0 Å². The van der Waals surface area contributed by atoms with E-state index in [4.69, 9.17) is 0 Å². The SMILES string of the molecule is CCC1CCCCN1S(C)=O.CI. The van der Waals surface area contributed by atoms with Crippen LogP contribution in [0.1, 0.15) is 32.6 Å². The van der Waals surface area contributed by atoms with Crippen LogP contribution in [0, 0.1) is 0 Å². The van der Waals surface area contributed by atoms with Crippen molar-refractivity contribution in [1.29, 1.82) is 0 Å². The monoisotopic (exact) mass is 317 g/mol. The summed E-state index contributed by atoms with van der Waals surface area (Å²) in [6, 6.07) is 0.578. The molecule has 0 aromatic rings. The second kappa shape index (κ2) is 8.17. The van der Waals surface area contributed by atoms with Crippen LogP contribution in [-0.2, 0) is 11.0 Å². The first-order valence-corrected chi connectivity index (χ1v) is 8.41. The third-order valence-corrected chi connectivity index (χ3v) is 3.52. The van der Waals surface area contributed by atoms with Gasteiger partial charge in [0.1, 0.15) is 0 Å². The minimum Gasteiger partial charge on any atom is -0.243 e. The number of halogens is 1. The van der Waals surface area contributed by atoms with Crippen LogP contribution in [0.2, 0.25) is 0 Å². The van der Waals surface area contributed by atoms with E-state index in [0.717, 1.165) is 13.0 Å². The highest BCUT2D eigenvalue weighted by molar-refractivity contribution is 14.1. The molecule has 1 aliphatic rings. The van der Waals surface area contributed by atoms with Gasteiger partial charge >= 0.3 is 0 Å². The zero-order valence-electron chi connectivity index (χ0n) is 8.75. The van der Waals surface area contributed by atoms with Crippen LogP contribution in [0.5, 0.6) is 0 Å². The van der Waals surface area contributed by atoms with Gasteiger partial charge in [-0.05, 0) is 24.2 Å². The Balaban J connectivity index is 0.000000671. The first-order chi connectivity index (χ1) is 6.25. The van der Waals surface area contributed by atoms with Crippen molar-refractivity contribution in [3.63, 3.8) is 0 Å². The zero-order chi connectivity index (χ0) is 10.3. The van der Waals surface area contributed by atoms with Crippen molar-refractivity contribution in [1.82, 2.24) is 4.31 Å². The van der Waals surface area contributed by atoms with Crippen LogP contribution in [-0.4, -0.2) is 32.3 Å². The Hall–Kier alpha value is 0.840. The lowest BCUT2D eigenvalue weighted by molar-refractivity contribution is 0.259. The fourth-order valence-corrected chi connectivity index (χ4v) is 2.78. The fraction of sp³-hybridized carbons (Fsp3) is 1.00. The molecule has 2 unspecified atom stereocenters. The van der Waals surface area contributed by atoms with Gasteiger partial charge < -0.3 is 0 Å². The molecule has 80 valence electrons. The minimum atomic E-state index is -0.749. The van der Waals surface area contributed by atoms with E-state index in [1.807, 2.05) is 4.93 Å². The Labute approximate surface area is 98.2 Å². The lowest BCUT2D eigenvalue weighted by Gasteiger charge is -2.32. The summed E-state index contributed by atoms with van der Waals surface area (Å²) in [5.41, 5.74) is 0. The second-order valence-electron chi connectivity index (χ2n) is 3.12. The molecule has 2 atom stereocenters. The van der Waals surface area contributed by atoms with E-state index >= 15 is 0 Å². The average Bonchev–Trinajstić information content (AvgIpc) is 2.20. The molecule has 1 aliphatic heterocycles. The van der Waals surface area contributed by atoms with Crippen molar-refractivity contribution >= 4 is 33.6 Å². The largest absolute Gasteiger partial charge is 0.243 e. The van der Waals surface area contributed by atoms with Crippen molar-refractivity contribution < 1.29 is 4.21 Å². The maximum absolute atomic E-state index is 11.2. The van der Waals surface area contributed by atoms with Gasteiger partial charge in [0.05, 0.1) is 11.0 Å². The van der Waals surface area contributed by atoms with Crippen LogP contribution >= 0.6 is 22.6 Å². The van der Waals surface area contributed by atoms with E-state index in [1.54, 1.807) is 6.26 Å². The van der Waals surface area contributed by atoms with Gasteiger partial charge in [-0.1, -0.05) is 35.9 Å². The molecule has 1 rings (SSSR count). The second-order valence-corrected chi connectivity index (χ2v) is 4.44. The van der Waals surface area contributed by atoms with Gasteiger partial charge in [0.15, 0.2) is 0 Å². The molecular formula is C9H20INOS. The highest BCUT2D eigenvalue weighted by Crippen LogP contribution is 2.19. The van der Waals surface area contributed by atoms with Gasteiger partial charge in [-0.15, -0.1) is 0 Å².